The summed E-state index contributed by atoms with van der Waals surface area (Å²) in [7, 11) is 1.58. The SMILES string of the molecule is COc1ccc(C(=O)N2CCC(N3CCCC3)C2)cc1N. The summed E-state index contributed by atoms with van der Waals surface area (Å²) in [5, 5.41) is 0. The number of benzene rings is 1. The van der Waals surface area contributed by atoms with E-state index in [2.05, 4.69) is 4.90 Å². The van der Waals surface area contributed by atoms with Crippen molar-refractivity contribution in [3.05, 3.63) is 23.8 Å². The van der Waals surface area contributed by atoms with Gasteiger partial charge < -0.3 is 15.4 Å². The normalized spacial score (nSPS) is 22.7. The lowest BCUT2D eigenvalue weighted by atomic mass is 10.1. The molecule has 2 aliphatic rings. The maximum absolute atomic E-state index is 12.6. The fraction of sp³-hybridized carbons (Fsp3) is 0.562. The zero-order chi connectivity index (χ0) is 14.8. The van der Waals surface area contributed by atoms with Gasteiger partial charge in [0.05, 0.1) is 12.8 Å². The maximum atomic E-state index is 12.6. The van der Waals surface area contributed by atoms with Crippen molar-refractivity contribution in [2.24, 2.45) is 0 Å². The molecule has 2 N–H and O–H groups in total. The van der Waals surface area contributed by atoms with E-state index in [1.807, 2.05) is 4.90 Å². The maximum Gasteiger partial charge on any atom is 0.253 e. The minimum atomic E-state index is 0.0750. The van der Waals surface area contributed by atoms with Crippen molar-refractivity contribution in [3.8, 4) is 5.75 Å². The second-order valence-corrected chi connectivity index (χ2v) is 5.89. The summed E-state index contributed by atoms with van der Waals surface area (Å²) in [5.74, 6) is 0.689. The molecule has 1 atom stereocenters. The van der Waals surface area contributed by atoms with Crippen LogP contribution in [-0.2, 0) is 0 Å². The molecular formula is C16H23N3O2. The highest BCUT2D eigenvalue weighted by atomic mass is 16.5. The van der Waals surface area contributed by atoms with Gasteiger partial charge in [0.25, 0.3) is 5.91 Å². The number of likely N-dealkylation sites (tertiary alicyclic amines) is 2. The highest BCUT2D eigenvalue weighted by Crippen LogP contribution is 2.25. The standard InChI is InChI=1S/C16H23N3O2/c1-21-15-5-4-12(10-14(15)17)16(20)19-9-6-13(11-19)18-7-2-3-8-18/h4-5,10,13H,2-3,6-9,11,17H2,1H3. The molecule has 0 spiro atoms. The van der Waals surface area contributed by atoms with Crippen molar-refractivity contribution >= 4 is 11.6 Å². The summed E-state index contributed by atoms with van der Waals surface area (Å²) >= 11 is 0. The van der Waals surface area contributed by atoms with Crippen LogP contribution in [-0.4, -0.2) is 55.0 Å². The summed E-state index contributed by atoms with van der Waals surface area (Å²) in [4.78, 5) is 17.0. The minimum Gasteiger partial charge on any atom is -0.495 e. The smallest absolute Gasteiger partial charge is 0.253 e. The molecule has 3 rings (SSSR count). The van der Waals surface area contributed by atoms with Gasteiger partial charge in [-0.05, 0) is 50.6 Å². The van der Waals surface area contributed by atoms with Crippen LogP contribution in [0.5, 0.6) is 5.75 Å². The molecule has 1 unspecified atom stereocenters. The highest BCUT2D eigenvalue weighted by Gasteiger charge is 2.31. The number of nitrogens with two attached hydrogens (primary N) is 1. The Morgan fingerprint density at radius 3 is 2.71 bits per heavy atom. The molecule has 0 aliphatic carbocycles. The molecule has 5 nitrogen and oxygen atoms in total. The van der Waals surface area contributed by atoms with Gasteiger partial charge in [0.15, 0.2) is 0 Å². The van der Waals surface area contributed by atoms with Crippen LogP contribution in [0.15, 0.2) is 18.2 Å². The highest BCUT2D eigenvalue weighted by molar-refractivity contribution is 5.95. The van der Waals surface area contributed by atoms with Crippen LogP contribution in [0.4, 0.5) is 5.69 Å². The van der Waals surface area contributed by atoms with E-state index in [-0.39, 0.29) is 5.91 Å². The van der Waals surface area contributed by atoms with Gasteiger partial charge in [0, 0.05) is 24.7 Å². The fourth-order valence-electron chi connectivity index (χ4n) is 3.38. The number of carbonyl (C=O) groups excluding carboxylic acids is 1. The van der Waals surface area contributed by atoms with Gasteiger partial charge in [-0.15, -0.1) is 0 Å². The van der Waals surface area contributed by atoms with E-state index in [1.165, 1.54) is 25.9 Å². The predicted molar refractivity (Wildman–Crippen MR) is 82.5 cm³/mol. The minimum absolute atomic E-state index is 0.0750. The second-order valence-electron chi connectivity index (χ2n) is 5.89. The number of amides is 1. The number of carbonyl (C=O) groups is 1. The van der Waals surface area contributed by atoms with Crippen molar-refractivity contribution in [3.63, 3.8) is 0 Å². The van der Waals surface area contributed by atoms with Crippen LogP contribution in [0.2, 0.25) is 0 Å². The Kier molecular flexibility index (Phi) is 4.01. The number of nitrogen functional groups attached to an aromatic ring is 1. The lowest BCUT2D eigenvalue weighted by molar-refractivity contribution is 0.0780. The average molecular weight is 289 g/mol. The molecule has 114 valence electrons. The number of ether oxygens (including phenoxy) is 1. The number of hydrogen-bond acceptors (Lipinski definition) is 4. The van der Waals surface area contributed by atoms with Gasteiger partial charge in [-0.3, -0.25) is 9.69 Å². The Hall–Kier alpha value is -1.75. The van der Waals surface area contributed by atoms with E-state index in [9.17, 15) is 4.79 Å². The Morgan fingerprint density at radius 1 is 1.29 bits per heavy atom. The second kappa shape index (κ2) is 5.93. The van der Waals surface area contributed by atoms with Gasteiger partial charge in [-0.2, -0.15) is 0 Å². The van der Waals surface area contributed by atoms with E-state index in [1.54, 1.807) is 25.3 Å². The average Bonchev–Trinajstić information content (AvgIpc) is 3.17. The molecule has 0 aromatic heterocycles. The van der Waals surface area contributed by atoms with Crippen LogP contribution >= 0.6 is 0 Å². The summed E-state index contributed by atoms with van der Waals surface area (Å²) in [6.07, 6.45) is 3.66. The molecule has 2 aliphatic heterocycles. The molecule has 2 heterocycles. The van der Waals surface area contributed by atoms with Crippen LogP contribution in [0.25, 0.3) is 0 Å². The van der Waals surface area contributed by atoms with Gasteiger partial charge in [-0.25, -0.2) is 0 Å². The van der Waals surface area contributed by atoms with Crippen molar-refractivity contribution < 1.29 is 9.53 Å². The number of methoxy groups -OCH3 is 1. The molecule has 1 amide bonds. The predicted octanol–water partition coefficient (Wildman–Crippen LogP) is 1.59. The molecule has 2 saturated heterocycles. The molecule has 5 heteroatoms. The van der Waals surface area contributed by atoms with Crippen LogP contribution in [0.1, 0.15) is 29.6 Å². The Morgan fingerprint density at radius 2 is 2.05 bits per heavy atom. The zero-order valence-corrected chi connectivity index (χ0v) is 12.5. The van der Waals surface area contributed by atoms with Gasteiger partial charge >= 0.3 is 0 Å². The first-order chi connectivity index (χ1) is 10.2. The monoisotopic (exact) mass is 289 g/mol. The van der Waals surface area contributed by atoms with E-state index in [0.717, 1.165) is 19.5 Å². The lowest BCUT2D eigenvalue weighted by Gasteiger charge is -2.23. The number of nitrogens with zero attached hydrogens (tertiary/aromatic N) is 2. The molecule has 1 aromatic rings. The van der Waals surface area contributed by atoms with E-state index < -0.39 is 0 Å². The third-order valence-electron chi connectivity index (χ3n) is 4.58. The Balaban J connectivity index is 1.67. The summed E-state index contributed by atoms with van der Waals surface area (Å²) in [6.45, 7) is 4.04. The first-order valence-electron chi connectivity index (χ1n) is 7.66. The first-order valence-corrected chi connectivity index (χ1v) is 7.66. The zero-order valence-electron chi connectivity index (χ0n) is 12.5. The van der Waals surface area contributed by atoms with Gasteiger partial charge in [0.2, 0.25) is 0 Å². The molecule has 2 fully saturated rings. The number of rotatable bonds is 3. The number of hydrogen-bond donors (Lipinski definition) is 1. The van der Waals surface area contributed by atoms with E-state index >= 15 is 0 Å². The van der Waals surface area contributed by atoms with Crippen LogP contribution < -0.4 is 10.5 Å². The van der Waals surface area contributed by atoms with Crippen molar-refractivity contribution in [1.82, 2.24) is 9.80 Å². The summed E-state index contributed by atoms with van der Waals surface area (Å²) in [6, 6.07) is 5.80. The largest absolute Gasteiger partial charge is 0.495 e. The van der Waals surface area contributed by atoms with Gasteiger partial charge in [-0.1, -0.05) is 0 Å². The van der Waals surface area contributed by atoms with Crippen LogP contribution in [0, 0.1) is 0 Å². The van der Waals surface area contributed by atoms with Crippen molar-refractivity contribution in [1.29, 1.82) is 0 Å². The Bertz CT molecular complexity index is 526. The first kappa shape index (κ1) is 14.2. The number of anilines is 1. The molecule has 21 heavy (non-hydrogen) atoms. The lowest BCUT2D eigenvalue weighted by Crippen LogP contribution is -2.37. The van der Waals surface area contributed by atoms with E-state index in [4.69, 9.17) is 10.5 Å². The van der Waals surface area contributed by atoms with Crippen molar-refractivity contribution in [2.75, 3.05) is 39.0 Å². The van der Waals surface area contributed by atoms with Crippen LogP contribution in [0.3, 0.4) is 0 Å². The third-order valence-corrected chi connectivity index (χ3v) is 4.58. The van der Waals surface area contributed by atoms with Gasteiger partial charge in [0.1, 0.15) is 5.75 Å². The quantitative estimate of drug-likeness (QED) is 0.859. The fourth-order valence-corrected chi connectivity index (χ4v) is 3.38. The molecular weight excluding hydrogens is 266 g/mol. The molecule has 1 aromatic carbocycles. The molecule has 0 bridgehead atoms. The van der Waals surface area contributed by atoms with E-state index in [0.29, 0.717) is 23.0 Å². The summed E-state index contributed by atoms with van der Waals surface area (Å²) < 4.78 is 5.13. The topological polar surface area (TPSA) is 58.8 Å². The summed E-state index contributed by atoms with van der Waals surface area (Å²) in [5.41, 5.74) is 7.05. The Labute approximate surface area is 125 Å². The van der Waals surface area contributed by atoms with Crippen molar-refractivity contribution in [2.45, 2.75) is 25.3 Å². The molecule has 0 saturated carbocycles. The molecule has 0 radical (unpaired) electrons. The third kappa shape index (κ3) is 2.83.